The van der Waals surface area contributed by atoms with Crippen LogP contribution in [0.5, 0.6) is 0 Å². The molecule has 0 aliphatic carbocycles. The third kappa shape index (κ3) is 4.34. The van der Waals surface area contributed by atoms with Crippen LogP contribution in [0.4, 0.5) is 13.2 Å². The number of rotatable bonds is 3. The summed E-state index contributed by atoms with van der Waals surface area (Å²) in [5, 5.41) is 19.2. The summed E-state index contributed by atoms with van der Waals surface area (Å²) in [6, 6.07) is 10.4. The number of β-lactam (4-membered cyclic amide) rings is 1. The van der Waals surface area contributed by atoms with Crippen LogP contribution in [0.25, 0.3) is 0 Å². The van der Waals surface area contributed by atoms with Crippen LogP contribution in [-0.2, 0) is 9.59 Å². The Morgan fingerprint density at radius 1 is 1.23 bits per heavy atom. The first kappa shape index (κ1) is 20.2. The molecule has 3 N–H and O–H groups in total. The zero-order chi connectivity index (χ0) is 19.4. The number of amides is 1. The molecule has 1 aromatic rings. The fourth-order valence-corrected chi connectivity index (χ4v) is 3.35. The number of benzene rings is 1. The van der Waals surface area contributed by atoms with Gasteiger partial charge in [-0.15, -0.1) is 0 Å². The van der Waals surface area contributed by atoms with E-state index < -0.39 is 12.1 Å². The molecular formula is C17H21F3N2O4. The Hall–Kier alpha value is -2.13. The number of carbonyl (C=O) groups excluding carboxylic acids is 1. The lowest BCUT2D eigenvalue weighted by atomic mass is 9.64. The summed E-state index contributed by atoms with van der Waals surface area (Å²) in [5.74, 6) is -2.56. The minimum absolute atomic E-state index is 0.164. The van der Waals surface area contributed by atoms with Gasteiger partial charge in [-0.05, 0) is 31.5 Å². The van der Waals surface area contributed by atoms with Gasteiger partial charge >= 0.3 is 12.1 Å². The van der Waals surface area contributed by atoms with Crippen LogP contribution in [0, 0.1) is 5.41 Å². The summed E-state index contributed by atoms with van der Waals surface area (Å²) in [5.41, 5.74) is 0.991. The Morgan fingerprint density at radius 2 is 1.77 bits per heavy atom. The minimum atomic E-state index is -5.08. The predicted molar refractivity (Wildman–Crippen MR) is 86.2 cm³/mol. The number of carboxylic acids is 1. The van der Waals surface area contributed by atoms with E-state index in [4.69, 9.17) is 15.0 Å². The van der Waals surface area contributed by atoms with Crippen molar-refractivity contribution in [2.75, 3.05) is 26.2 Å². The minimum Gasteiger partial charge on any atom is -0.475 e. The fourth-order valence-electron chi connectivity index (χ4n) is 3.35. The molecule has 144 valence electrons. The smallest absolute Gasteiger partial charge is 0.475 e. The van der Waals surface area contributed by atoms with Crippen molar-refractivity contribution >= 4 is 11.9 Å². The van der Waals surface area contributed by atoms with Crippen molar-refractivity contribution in [3.8, 4) is 0 Å². The number of hydrogen-bond donors (Lipinski definition) is 3. The molecule has 2 saturated heterocycles. The van der Waals surface area contributed by atoms with Crippen molar-refractivity contribution in [3.63, 3.8) is 0 Å². The van der Waals surface area contributed by atoms with Gasteiger partial charge in [-0.25, -0.2) is 4.79 Å². The van der Waals surface area contributed by atoms with Crippen molar-refractivity contribution in [2.24, 2.45) is 5.41 Å². The number of carboxylic acid groups (broad SMARTS) is 1. The van der Waals surface area contributed by atoms with Gasteiger partial charge in [0.15, 0.2) is 0 Å². The van der Waals surface area contributed by atoms with Gasteiger partial charge in [0, 0.05) is 6.54 Å². The summed E-state index contributed by atoms with van der Waals surface area (Å²) in [6.45, 7) is 2.71. The van der Waals surface area contributed by atoms with Crippen LogP contribution in [0.1, 0.15) is 24.4 Å². The third-order valence-electron chi connectivity index (χ3n) is 4.82. The number of hydrogen-bond acceptors (Lipinski definition) is 4. The number of nitrogens with zero attached hydrogens (tertiary/aromatic N) is 1. The number of alkyl halides is 3. The second kappa shape index (κ2) is 8.05. The lowest BCUT2D eigenvalue weighted by Crippen LogP contribution is -2.64. The van der Waals surface area contributed by atoms with E-state index in [2.05, 4.69) is 22.3 Å². The lowest BCUT2D eigenvalue weighted by Gasteiger charge is -2.52. The van der Waals surface area contributed by atoms with E-state index >= 15 is 0 Å². The van der Waals surface area contributed by atoms with Crippen molar-refractivity contribution in [1.82, 2.24) is 10.2 Å². The number of halogens is 3. The van der Waals surface area contributed by atoms with Gasteiger partial charge in [-0.3, -0.25) is 4.79 Å². The van der Waals surface area contributed by atoms with Crippen LogP contribution in [0.15, 0.2) is 30.3 Å². The highest BCUT2D eigenvalue weighted by molar-refractivity contribution is 5.90. The number of aliphatic hydroxyl groups is 1. The predicted octanol–water partition coefficient (Wildman–Crippen LogP) is 1.57. The van der Waals surface area contributed by atoms with E-state index in [1.165, 1.54) is 5.56 Å². The Kier molecular flexibility index (Phi) is 6.25. The van der Waals surface area contributed by atoms with Crippen LogP contribution in [-0.4, -0.2) is 59.4 Å². The Bertz CT molecular complexity index is 629. The van der Waals surface area contributed by atoms with Crippen LogP contribution < -0.4 is 5.32 Å². The van der Waals surface area contributed by atoms with Gasteiger partial charge in [0.25, 0.3) is 0 Å². The summed E-state index contributed by atoms with van der Waals surface area (Å²) in [4.78, 5) is 23.2. The molecule has 6 nitrogen and oxygen atoms in total. The number of carbonyl (C=O) groups is 2. The van der Waals surface area contributed by atoms with Crippen molar-refractivity contribution in [3.05, 3.63) is 35.9 Å². The Morgan fingerprint density at radius 3 is 2.19 bits per heavy atom. The number of aliphatic carboxylic acids is 1. The number of nitrogens with one attached hydrogen (secondary N) is 1. The normalized spacial score (nSPS) is 22.0. The number of aliphatic hydroxyl groups excluding tert-OH is 1. The van der Waals surface area contributed by atoms with Crippen molar-refractivity contribution in [2.45, 2.75) is 25.1 Å². The number of piperidine rings is 1. The summed E-state index contributed by atoms with van der Waals surface area (Å²) < 4.78 is 31.7. The second-order valence-corrected chi connectivity index (χ2v) is 6.34. The molecule has 1 unspecified atom stereocenters. The van der Waals surface area contributed by atoms with E-state index in [9.17, 15) is 18.0 Å². The SMILES string of the molecule is O=C(O)C(F)(F)F.O=C1NC(c2ccccc2)C12CCN(CCO)CC2. The monoisotopic (exact) mass is 374 g/mol. The van der Waals surface area contributed by atoms with E-state index in [0.29, 0.717) is 6.54 Å². The zero-order valence-corrected chi connectivity index (χ0v) is 14.0. The quantitative estimate of drug-likeness (QED) is 0.699. The molecule has 9 heteroatoms. The molecule has 1 spiro atoms. The zero-order valence-electron chi connectivity index (χ0n) is 14.0. The molecule has 0 bridgehead atoms. The van der Waals surface area contributed by atoms with Gasteiger partial charge in [0.05, 0.1) is 18.1 Å². The van der Waals surface area contributed by atoms with E-state index in [0.717, 1.165) is 25.9 Å². The summed E-state index contributed by atoms with van der Waals surface area (Å²) in [7, 11) is 0. The molecule has 0 saturated carbocycles. The molecule has 2 heterocycles. The molecule has 1 aromatic carbocycles. The van der Waals surface area contributed by atoms with Crippen LogP contribution >= 0.6 is 0 Å². The highest BCUT2D eigenvalue weighted by Gasteiger charge is 2.56. The first-order valence-corrected chi connectivity index (χ1v) is 8.20. The van der Waals surface area contributed by atoms with Gasteiger partial charge in [0.1, 0.15) is 0 Å². The average molecular weight is 374 g/mol. The molecule has 1 atom stereocenters. The standard InChI is InChI=1S/C15H20N2O2.C2HF3O2/c18-11-10-17-8-6-15(7-9-17)13(16-14(15)19)12-4-2-1-3-5-12;3-2(4,5)1(6)7/h1-5,13,18H,6-11H2,(H,16,19);(H,6,7). The third-order valence-corrected chi connectivity index (χ3v) is 4.82. The molecule has 1 amide bonds. The molecular weight excluding hydrogens is 353 g/mol. The maximum atomic E-state index is 12.1. The van der Waals surface area contributed by atoms with Gasteiger partial charge in [0.2, 0.25) is 5.91 Å². The Balaban J connectivity index is 0.000000298. The number of β-amino-alcohol motifs (C(OH)–C–C–N with tert-alkyl or cyclic N) is 1. The van der Waals surface area contributed by atoms with Crippen LogP contribution in [0.3, 0.4) is 0 Å². The molecule has 2 aliphatic heterocycles. The molecule has 2 aliphatic rings. The van der Waals surface area contributed by atoms with E-state index in [1.54, 1.807) is 0 Å². The summed E-state index contributed by atoms with van der Waals surface area (Å²) >= 11 is 0. The average Bonchev–Trinajstić information content (AvgIpc) is 2.61. The first-order valence-electron chi connectivity index (χ1n) is 8.20. The molecule has 26 heavy (non-hydrogen) atoms. The van der Waals surface area contributed by atoms with Crippen molar-refractivity contribution < 1.29 is 33.0 Å². The van der Waals surface area contributed by atoms with Gasteiger partial charge in [-0.2, -0.15) is 13.2 Å². The topological polar surface area (TPSA) is 89.9 Å². The molecule has 3 rings (SSSR count). The second-order valence-electron chi connectivity index (χ2n) is 6.34. The lowest BCUT2D eigenvalue weighted by molar-refractivity contribution is -0.192. The number of likely N-dealkylation sites (tertiary alicyclic amines) is 1. The van der Waals surface area contributed by atoms with Crippen molar-refractivity contribution in [1.29, 1.82) is 0 Å². The van der Waals surface area contributed by atoms with E-state index in [1.807, 2.05) is 18.2 Å². The summed E-state index contributed by atoms with van der Waals surface area (Å²) in [6.07, 6.45) is -3.31. The Labute approximate surface area is 148 Å². The highest BCUT2D eigenvalue weighted by atomic mass is 19.4. The van der Waals surface area contributed by atoms with Gasteiger partial charge < -0.3 is 20.4 Å². The maximum Gasteiger partial charge on any atom is 0.490 e. The van der Waals surface area contributed by atoms with Crippen LogP contribution in [0.2, 0.25) is 0 Å². The largest absolute Gasteiger partial charge is 0.490 e. The maximum absolute atomic E-state index is 12.1. The molecule has 0 radical (unpaired) electrons. The highest BCUT2D eigenvalue weighted by Crippen LogP contribution is 2.49. The fraction of sp³-hybridized carbons (Fsp3) is 0.529. The molecule has 0 aromatic heterocycles. The van der Waals surface area contributed by atoms with Gasteiger partial charge in [-0.1, -0.05) is 30.3 Å². The van der Waals surface area contributed by atoms with E-state index in [-0.39, 0.29) is 24.0 Å². The molecule has 2 fully saturated rings. The first-order chi connectivity index (χ1) is 12.2.